The van der Waals surface area contributed by atoms with Gasteiger partial charge in [-0.15, -0.1) is 0 Å². The minimum Gasteiger partial charge on any atom is -0.466 e. The fourth-order valence-electron chi connectivity index (χ4n) is 3.60. The van der Waals surface area contributed by atoms with E-state index in [1.54, 1.807) is 22.9 Å². The second-order valence-corrected chi connectivity index (χ2v) is 7.43. The van der Waals surface area contributed by atoms with E-state index in [9.17, 15) is 14.4 Å². The summed E-state index contributed by atoms with van der Waals surface area (Å²) < 4.78 is 15.2. The van der Waals surface area contributed by atoms with Crippen LogP contribution in [-0.4, -0.2) is 52.5 Å². The van der Waals surface area contributed by atoms with Gasteiger partial charge in [-0.25, -0.2) is 9.59 Å². The van der Waals surface area contributed by atoms with E-state index >= 15 is 0 Å². The molecule has 0 unspecified atom stereocenters. The number of carbonyl (C=O) groups is 3. The molecule has 0 saturated heterocycles. The van der Waals surface area contributed by atoms with E-state index in [1.807, 2.05) is 26.0 Å². The predicted molar refractivity (Wildman–Crippen MR) is 102 cm³/mol. The third-order valence-electron chi connectivity index (χ3n) is 5.18. The summed E-state index contributed by atoms with van der Waals surface area (Å²) >= 11 is 0. The van der Waals surface area contributed by atoms with Crippen molar-refractivity contribution >= 4 is 29.2 Å². The molecule has 0 atom stereocenters. The van der Waals surface area contributed by atoms with Gasteiger partial charge in [0.25, 0.3) is 0 Å². The van der Waals surface area contributed by atoms with Crippen molar-refractivity contribution in [3.05, 3.63) is 35.0 Å². The number of anilines is 2. The van der Waals surface area contributed by atoms with Gasteiger partial charge in [0.05, 0.1) is 26.4 Å². The number of hydrogen-bond donors (Lipinski definition) is 0. The second-order valence-electron chi connectivity index (χ2n) is 7.43. The third-order valence-corrected chi connectivity index (χ3v) is 5.18. The lowest BCUT2D eigenvalue weighted by atomic mass is 9.77. The number of rotatable bonds is 3. The third kappa shape index (κ3) is 3.24. The van der Waals surface area contributed by atoms with E-state index in [1.165, 1.54) is 14.2 Å². The van der Waals surface area contributed by atoms with E-state index in [-0.39, 0.29) is 35.9 Å². The smallest absolute Gasteiger partial charge is 0.355 e. The molecule has 0 N–H and O–H groups in total. The number of fused-ring (bicyclic) bond motifs is 1. The Kier molecular flexibility index (Phi) is 5.16. The van der Waals surface area contributed by atoms with Crippen molar-refractivity contribution in [3.8, 4) is 0 Å². The average molecular weight is 388 g/mol. The molecular formula is C20H24N2O6. The molecule has 0 spiro atoms. The van der Waals surface area contributed by atoms with Gasteiger partial charge in [-0.05, 0) is 23.8 Å². The molecule has 0 bridgehead atoms. The van der Waals surface area contributed by atoms with E-state index in [0.717, 1.165) is 11.3 Å². The minimum atomic E-state index is -0.645. The quantitative estimate of drug-likeness (QED) is 0.729. The van der Waals surface area contributed by atoms with Crippen LogP contribution in [0.3, 0.4) is 0 Å². The summed E-state index contributed by atoms with van der Waals surface area (Å²) in [4.78, 5) is 40.1. The standard InChI is InChI=1S/C20H24N2O6/c1-20(2)9-16(23)21(3)15-7-6-12(8-14(15)20)22-11-28-10-13(18(24)26-4)17(22)19(25)27-5/h6-8H,9-11H2,1-5H3. The van der Waals surface area contributed by atoms with E-state index in [2.05, 4.69) is 0 Å². The van der Waals surface area contributed by atoms with Gasteiger partial charge in [0.15, 0.2) is 0 Å². The molecule has 8 nitrogen and oxygen atoms in total. The zero-order valence-electron chi connectivity index (χ0n) is 16.7. The van der Waals surface area contributed by atoms with Crippen LogP contribution in [0.1, 0.15) is 25.8 Å². The lowest BCUT2D eigenvalue weighted by molar-refractivity contribution is -0.140. The van der Waals surface area contributed by atoms with Crippen LogP contribution in [0.15, 0.2) is 29.5 Å². The molecule has 150 valence electrons. The van der Waals surface area contributed by atoms with Crippen molar-refractivity contribution in [2.45, 2.75) is 25.7 Å². The van der Waals surface area contributed by atoms with Crippen LogP contribution in [-0.2, 0) is 34.0 Å². The lowest BCUT2D eigenvalue weighted by Crippen LogP contribution is -2.41. The van der Waals surface area contributed by atoms with Gasteiger partial charge >= 0.3 is 11.9 Å². The summed E-state index contributed by atoms with van der Waals surface area (Å²) in [6, 6.07) is 5.55. The van der Waals surface area contributed by atoms with E-state index < -0.39 is 11.9 Å². The summed E-state index contributed by atoms with van der Waals surface area (Å²) in [5.74, 6) is -1.24. The van der Waals surface area contributed by atoms with Crippen LogP contribution in [0.5, 0.6) is 0 Å². The summed E-state index contributed by atoms with van der Waals surface area (Å²) in [5.41, 5.74) is 2.28. The molecule has 2 heterocycles. The molecule has 2 aliphatic heterocycles. The van der Waals surface area contributed by atoms with Crippen LogP contribution >= 0.6 is 0 Å². The topological polar surface area (TPSA) is 85.4 Å². The largest absolute Gasteiger partial charge is 0.466 e. The Bertz CT molecular complexity index is 873. The Morgan fingerprint density at radius 1 is 1.14 bits per heavy atom. The number of esters is 2. The Morgan fingerprint density at radius 2 is 1.82 bits per heavy atom. The Balaban J connectivity index is 2.13. The van der Waals surface area contributed by atoms with Crippen molar-refractivity contribution in [2.75, 3.05) is 44.4 Å². The molecule has 0 aliphatic carbocycles. The maximum absolute atomic E-state index is 12.5. The maximum Gasteiger partial charge on any atom is 0.355 e. The number of hydrogen-bond acceptors (Lipinski definition) is 7. The first-order chi connectivity index (χ1) is 13.2. The van der Waals surface area contributed by atoms with Crippen LogP contribution in [0, 0.1) is 0 Å². The molecule has 28 heavy (non-hydrogen) atoms. The summed E-state index contributed by atoms with van der Waals surface area (Å²) in [5, 5.41) is 0. The van der Waals surface area contributed by atoms with Gasteiger partial charge in [-0.3, -0.25) is 4.79 Å². The highest BCUT2D eigenvalue weighted by Crippen LogP contribution is 2.42. The normalized spacial score (nSPS) is 18.7. The maximum atomic E-state index is 12.5. The predicted octanol–water partition coefficient (Wildman–Crippen LogP) is 1.72. The summed E-state index contributed by atoms with van der Waals surface area (Å²) in [7, 11) is 4.25. The first kappa shape index (κ1) is 19.9. The number of methoxy groups -OCH3 is 2. The van der Waals surface area contributed by atoms with Crippen LogP contribution in [0.25, 0.3) is 0 Å². The van der Waals surface area contributed by atoms with Crippen molar-refractivity contribution in [2.24, 2.45) is 0 Å². The second kappa shape index (κ2) is 7.27. The first-order valence-electron chi connectivity index (χ1n) is 8.87. The number of carbonyl (C=O) groups excluding carboxylic acids is 3. The lowest BCUT2D eigenvalue weighted by Gasteiger charge is -2.38. The van der Waals surface area contributed by atoms with Crippen molar-refractivity contribution < 1.29 is 28.6 Å². The molecule has 3 rings (SSSR count). The fourth-order valence-corrected chi connectivity index (χ4v) is 3.60. The van der Waals surface area contributed by atoms with Crippen LogP contribution in [0.4, 0.5) is 11.4 Å². The molecule has 0 fully saturated rings. The van der Waals surface area contributed by atoms with Gasteiger partial charge in [-0.1, -0.05) is 13.8 Å². The highest BCUT2D eigenvalue weighted by Gasteiger charge is 2.37. The fraction of sp³-hybridized carbons (Fsp3) is 0.450. The molecule has 0 aromatic heterocycles. The molecule has 2 aliphatic rings. The molecule has 0 saturated carbocycles. The van der Waals surface area contributed by atoms with Gasteiger partial charge in [-0.2, -0.15) is 0 Å². The number of ether oxygens (including phenoxy) is 3. The van der Waals surface area contributed by atoms with Crippen molar-refractivity contribution in [1.82, 2.24) is 0 Å². The Morgan fingerprint density at radius 3 is 2.46 bits per heavy atom. The number of amides is 1. The van der Waals surface area contributed by atoms with Crippen LogP contribution < -0.4 is 9.80 Å². The number of benzene rings is 1. The minimum absolute atomic E-state index is 0.0404. The molecule has 1 aromatic rings. The first-order valence-corrected chi connectivity index (χ1v) is 8.87. The number of nitrogens with zero attached hydrogens (tertiary/aromatic N) is 2. The molecule has 0 radical (unpaired) electrons. The van der Waals surface area contributed by atoms with Crippen molar-refractivity contribution in [3.63, 3.8) is 0 Å². The molecule has 8 heteroatoms. The highest BCUT2D eigenvalue weighted by atomic mass is 16.5. The van der Waals surface area contributed by atoms with Gasteiger partial charge in [0, 0.05) is 30.3 Å². The Labute approximate surface area is 163 Å². The van der Waals surface area contributed by atoms with Crippen LogP contribution in [0.2, 0.25) is 0 Å². The Hall–Kier alpha value is -2.87. The molecular weight excluding hydrogens is 364 g/mol. The van der Waals surface area contributed by atoms with Crippen molar-refractivity contribution in [1.29, 1.82) is 0 Å². The zero-order chi connectivity index (χ0) is 20.6. The highest BCUT2D eigenvalue weighted by molar-refractivity contribution is 6.03. The van der Waals surface area contributed by atoms with Gasteiger partial charge in [0.2, 0.25) is 5.91 Å². The summed E-state index contributed by atoms with van der Waals surface area (Å²) in [6.45, 7) is 4.05. The van der Waals surface area contributed by atoms with E-state index in [4.69, 9.17) is 14.2 Å². The van der Waals surface area contributed by atoms with Gasteiger partial charge < -0.3 is 24.0 Å². The molecule has 1 amide bonds. The molecule has 1 aromatic carbocycles. The SMILES string of the molecule is COC(=O)C1=C(C(=O)OC)N(c2ccc3c(c2)C(C)(C)CC(=O)N3C)COC1. The average Bonchev–Trinajstić information content (AvgIpc) is 2.69. The summed E-state index contributed by atoms with van der Waals surface area (Å²) in [6.07, 6.45) is 0.379. The monoisotopic (exact) mass is 388 g/mol. The van der Waals surface area contributed by atoms with Gasteiger partial charge in [0.1, 0.15) is 12.4 Å². The van der Waals surface area contributed by atoms with E-state index in [0.29, 0.717) is 12.1 Å². The zero-order valence-corrected chi connectivity index (χ0v) is 16.7.